The standard InChI is InChI=1S/C26H24Cl2N2O4S/c1-33-16-7-9-20(25(13-16)34-2)26-19-5-3-4-18(19)21-14-17(8-11-23(21)29-26)35(31,32)30-24-12-15(27)6-10-22(24)28/h3-4,6-14,18-19,26,29-30H,5H2,1-2H3/t18-,19+,26-/m0/s1. The number of sulfonamides is 1. The van der Waals surface area contributed by atoms with Crippen molar-refractivity contribution in [3.05, 3.63) is 87.9 Å². The molecule has 182 valence electrons. The van der Waals surface area contributed by atoms with Crippen LogP contribution < -0.4 is 19.5 Å². The van der Waals surface area contributed by atoms with Crippen molar-refractivity contribution in [3.8, 4) is 11.5 Å². The molecule has 3 aromatic carbocycles. The van der Waals surface area contributed by atoms with E-state index in [9.17, 15) is 8.42 Å². The quantitative estimate of drug-likeness (QED) is 0.349. The predicted molar refractivity (Wildman–Crippen MR) is 140 cm³/mol. The second-order valence-corrected chi connectivity index (χ2v) is 11.1. The van der Waals surface area contributed by atoms with Gasteiger partial charge in [-0.3, -0.25) is 4.72 Å². The molecule has 0 saturated heterocycles. The van der Waals surface area contributed by atoms with E-state index in [1.165, 1.54) is 6.07 Å². The molecule has 0 fully saturated rings. The highest BCUT2D eigenvalue weighted by Gasteiger charge is 2.39. The van der Waals surface area contributed by atoms with Gasteiger partial charge in [-0.05, 0) is 66.4 Å². The first-order chi connectivity index (χ1) is 16.8. The number of hydrogen-bond acceptors (Lipinski definition) is 5. The maximum absolute atomic E-state index is 13.2. The van der Waals surface area contributed by atoms with Crippen molar-refractivity contribution in [2.45, 2.75) is 23.3 Å². The minimum Gasteiger partial charge on any atom is -0.497 e. The lowest BCUT2D eigenvalue weighted by atomic mass is 9.77. The molecule has 3 aromatic rings. The number of fused-ring (bicyclic) bond motifs is 3. The predicted octanol–water partition coefficient (Wildman–Crippen LogP) is 6.64. The van der Waals surface area contributed by atoms with Gasteiger partial charge in [-0.25, -0.2) is 8.42 Å². The molecule has 0 unspecified atom stereocenters. The molecule has 0 saturated carbocycles. The largest absolute Gasteiger partial charge is 0.497 e. The van der Waals surface area contributed by atoms with Gasteiger partial charge in [0.1, 0.15) is 11.5 Å². The summed E-state index contributed by atoms with van der Waals surface area (Å²) in [4.78, 5) is 0.161. The van der Waals surface area contributed by atoms with Crippen LogP contribution in [0.5, 0.6) is 11.5 Å². The molecule has 0 amide bonds. The fourth-order valence-electron chi connectivity index (χ4n) is 4.90. The normalized spacial score (nSPS) is 20.5. The Balaban J connectivity index is 1.50. The average Bonchev–Trinajstić information content (AvgIpc) is 3.35. The summed E-state index contributed by atoms with van der Waals surface area (Å²) in [5, 5.41) is 4.29. The van der Waals surface area contributed by atoms with Crippen molar-refractivity contribution in [2.75, 3.05) is 24.3 Å². The van der Waals surface area contributed by atoms with Crippen LogP contribution in [0.1, 0.15) is 29.5 Å². The second kappa shape index (κ2) is 9.30. The summed E-state index contributed by atoms with van der Waals surface area (Å²) in [6.07, 6.45) is 5.18. The van der Waals surface area contributed by atoms with Crippen LogP contribution in [0.15, 0.2) is 71.6 Å². The molecule has 1 heterocycles. The van der Waals surface area contributed by atoms with Gasteiger partial charge in [-0.15, -0.1) is 0 Å². The number of rotatable bonds is 6. The summed E-state index contributed by atoms with van der Waals surface area (Å²) in [6.45, 7) is 0. The van der Waals surface area contributed by atoms with Crippen LogP contribution in [0.2, 0.25) is 10.0 Å². The Hall–Kier alpha value is -2.87. The van der Waals surface area contributed by atoms with Gasteiger partial charge in [0.05, 0.1) is 35.9 Å². The van der Waals surface area contributed by atoms with E-state index >= 15 is 0 Å². The summed E-state index contributed by atoms with van der Waals surface area (Å²) >= 11 is 12.2. The number of anilines is 2. The highest BCUT2D eigenvalue weighted by atomic mass is 35.5. The summed E-state index contributed by atoms with van der Waals surface area (Å²) in [5.74, 6) is 1.74. The highest BCUT2D eigenvalue weighted by Crippen LogP contribution is 2.51. The first kappa shape index (κ1) is 23.9. The molecular formula is C26H24Cl2N2O4S. The van der Waals surface area contributed by atoms with E-state index in [1.807, 2.05) is 24.3 Å². The zero-order valence-electron chi connectivity index (χ0n) is 19.1. The van der Waals surface area contributed by atoms with Crippen molar-refractivity contribution in [2.24, 2.45) is 5.92 Å². The number of allylic oxidation sites excluding steroid dienone is 2. The van der Waals surface area contributed by atoms with Gasteiger partial charge in [-0.2, -0.15) is 0 Å². The minimum absolute atomic E-state index is 0.00537. The van der Waals surface area contributed by atoms with Gasteiger partial charge in [0.2, 0.25) is 0 Å². The summed E-state index contributed by atoms with van der Waals surface area (Å²) < 4.78 is 40.0. The van der Waals surface area contributed by atoms with Gasteiger partial charge in [-0.1, -0.05) is 35.4 Å². The van der Waals surface area contributed by atoms with Gasteiger partial charge >= 0.3 is 0 Å². The molecule has 5 rings (SSSR count). The number of nitrogens with one attached hydrogen (secondary N) is 2. The van der Waals surface area contributed by atoms with Gasteiger partial charge < -0.3 is 14.8 Å². The van der Waals surface area contributed by atoms with Crippen LogP contribution >= 0.6 is 23.2 Å². The van der Waals surface area contributed by atoms with E-state index < -0.39 is 10.0 Å². The Morgan fingerprint density at radius 2 is 1.80 bits per heavy atom. The summed E-state index contributed by atoms with van der Waals surface area (Å²) in [5.41, 5.74) is 3.10. The number of benzene rings is 3. The molecule has 0 aromatic heterocycles. The van der Waals surface area contributed by atoms with E-state index in [-0.39, 0.29) is 33.5 Å². The SMILES string of the molecule is COc1ccc([C@H]2Nc3ccc(S(=O)(=O)Nc4cc(Cl)ccc4Cl)cc3[C@H]3C=CC[C@H]32)c(OC)c1. The molecule has 3 atom stereocenters. The molecule has 1 aliphatic heterocycles. The zero-order valence-corrected chi connectivity index (χ0v) is 21.4. The smallest absolute Gasteiger partial charge is 0.261 e. The van der Waals surface area contributed by atoms with Crippen molar-refractivity contribution in [1.29, 1.82) is 0 Å². The molecule has 1 aliphatic carbocycles. The highest BCUT2D eigenvalue weighted by molar-refractivity contribution is 7.92. The third-order valence-corrected chi connectivity index (χ3v) is 8.52. The number of halogens is 2. The molecule has 6 nitrogen and oxygen atoms in total. The van der Waals surface area contributed by atoms with Gasteiger partial charge in [0.15, 0.2) is 0 Å². The first-order valence-corrected chi connectivity index (χ1v) is 13.3. The molecule has 2 aliphatic rings. The van der Waals surface area contributed by atoms with E-state index in [0.717, 1.165) is 34.7 Å². The molecule has 35 heavy (non-hydrogen) atoms. The van der Waals surface area contributed by atoms with E-state index in [4.69, 9.17) is 32.7 Å². The Labute approximate surface area is 214 Å². The van der Waals surface area contributed by atoms with Crippen LogP contribution in [0, 0.1) is 5.92 Å². The lowest BCUT2D eigenvalue weighted by molar-refractivity contribution is 0.372. The third kappa shape index (κ3) is 4.44. The topological polar surface area (TPSA) is 76.7 Å². The number of ether oxygens (including phenoxy) is 2. The summed E-state index contributed by atoms with van der Waals surface area (Å²) in [7, 11) is -0.603. The number of methoxy groups -OCH3 is 2. The van der Waals surface area contributed by atoms with E-state index in [1.54, 1.807) is 38.5 Å². The lowest BCUT2D eigenvalue weighted by Gasteiger charge is -2.38. The Morgan fingerprint density at radius 1 is 0.971 bits per heavy atom. The van der Waals surface area contributed by atoms with Crippen LogP contribution in [-0.2, 0) is 10.0 Å². The molecular weight excluding hydrogens is 507 g/mol. The third-order valence-electron chi connectivity index (χ3n) is 6.59. The number of hydrogen-bond donors (Lipinski definition) is 2. The van der Waals surface area contributed by atoms with E-state index in [2.05, 4.69) is 22.2 Å². The van der Waals surface area contributed by atoms with Crippen molar-refractivity contribution in [3.63, 3.8) is 0 Å². The fourth-order valence-corrected chi connectivity index (χ4v) is 6.40. The first-order valence-electron chi connectivity index (χ1n) is 11.1. The molecule has 9 heteroatoms. The minimum atomic E-state index is -3.88. The molecule has 0 bridgehead atoms. The van der Waals surface area contributed by atoms with Crippen LogP contribution in [0.3, 0.4) is 0 Å². The van der Waals surface area contributed by atoms with Crippen molar-refractivity contribution < 1.29 is 17.9 Å². The van der Waals surface area contributed by atoms with Crippen molar-refractivity contribution in [1.82, 2.24) is 0 Å². The van der Waals surface area contributed by atoms with Crippen LogP contribution in [-0.4, -0.2) is 22.6 Å². The monoisotopic (exact) mass is 530 g/mol. The summed E-state index contributed by atoms with van der Waals surface area (Å²) in [6, 6.07) is 15.6. The molecule has 0 spiro atoms. The van der Waals surface area contributed by atoms with Crippen LogP contribution in [0.4, 0.5) is 11.4 Å². The van der Waals surface area contributed by atoms with Crippen LogP contribution in [0.25, 0.3) is 0 Å². The molecule has 0 radical (unpaired) electrons. The second-order valence-electron chi connectivity index (χ2n) is 8.56. The average molecular weight is 531 g/mol. The lowest BCUT2D eigenvalue weighted by Crippen LogP contribution is -2.29. The Bertz CT molecular complexity index is 1420. The van der Waals surface area contributed by atoms with E-state index in [0.29, 0.717) is 5.02 Å². The maximum atomic E-state index is 13.2. The van der Waals surface area contributed by atoms with Crippen molar-refractivity contribution >= 4 is 44.6 Å². The van der Waals surface area contributed by atoms with Gasteiger partial charge in [0, 0.05) is 28.3 Å². The Kier molecular flexibility index (Phi) is 6.34. The zero-order chi connectivity index (χ0) is 24.7. The van der Waals surface area contributed by atoms with Gasteiger partial charge in [0.25, 0.3) is 10.0 Å². The Morgan fingerprint density at radius 3 is 2.57 bits per heavy atom. The maximum Gasteiger partial charge on any atom is 0.261 e. The fraction of sp³-hybridized carbons (Fsp3) is 0.231. The molecule has 2 N–H and O–H groups in total.